The van der Waals surface area contributed by atoms with Crippen molar-refractivity contribution in [2.75, 3.05) is 6.61 Å². The van der Waals surface area contributed by atoms with Gasteiger partial charge in [0.05, 0.1) is 5.69 Å². The summed E-state index contributed by atoms with van der Waals surface area (Å²) in [6.07, 6.45) is 6.06. The third-order valence-electron chi connectivity index (χ3n) is 3.63. The second kappa shape index (κ2) is 6.51. The van der Waals surface area contributed by atoms with E-state index >= 15 is 0 Å². The molecule has 1 aliphatic rings. The van der Waals surface area contributed by atoms with Crippen LogP contribution in [0.1, 0.15) is 76.9 Å². The molecule has 1 aromatic heterocycles. The molecule has 1 atom stereocenters. The highest BCUT2D eigenvalue weighted by atomic mass is 16.5. The van der Waals surface area contributed by atoms with Crippen molar-refractivity contribution in [1.29, 1.82) is 0 Å². The summed E-state index contributed by atoms with van der Waals surface area (Å²) in [7, 11) is 0. The van der Waals surface area contributed by atoms with Gasteiger partial charge in [-0.2, -0.15) is 0 Å². The van der Waals surface area contributed by atoms with E-state index in [2.05, 4.69) is 42.7 Å². The summed E-state index contributed by atoms with van der Waals surface area (Å²) in [5.41, 5.74) is 2.39. The second-order valence-electron chi connectivity index (χ2n) is 6.27. The predicted octanol–water partition coefficient (Wildman–Crippen LogP) is 3.69. The standard InChI is InChI=1S/C15H27N3O/c1-11(2)10-19-14-9-7-5-6-8-13-15(14)16-17-18(13)12(3)4/h11-12,14H,5-10H2,1-4H3. The van der Waals surface area contributed by atoms with E-state index < -0.39 is 0 Å². The molecule has 2 rings (SSSR count). The first kappa shape index (κ1) is 14.5. The van der Waals surface area contributed by atoms with Crippen LogP contribution in [0.25, 0.3) is 0 Å². The second-order valence-corrected chi connectivity index (χ2v) is 6.27. The summed E-state index contributed by atoms with van der Waals surface area (Å²) in [6, 6.07) is 0.376. The van der Waals surface area contributed by atoms with E-state index in [0.29, 0.717) is 12.0 Å². The Morgan fingerprint density at radius 2 is 2.00 bits per heavy atom. The molecule has 108 valence electrons. The lowest BCUT2D eigenvalue weighted by Crippen LogP contribution is -2.15. The van der Waals surface area contributed by atoms with Crippen LogP contribution >= 0.6 is 0 Å². The van der Waals surface area contributed by atoms with Gasteiger partial charge in [-0.15, -0.1) is 5.10 Å². The molecule has 0 aromatic carbocycles. The van der Waals surface area contributed by atoms with Gasteiger partial charge in [0, 0.05) is 12.6 Å². The molecule has 1 unspecified atom stereocenters. The molecule has 1 heterocycles. The van der Waals surface area contributed by atoms with Crippen LogP contribution in [0.4, 0.5) is 0 Å². The monoisotopic (exact) mass is 265 g/mol. The van der Waals surface area contributed by atoms with Crippen molar-refractivity contribution in [3.8, 4) is 0 Å². The summed E-state index contributed by atoms with van der Waals surface area (Å²) in [6.45, 7) is 9.51. The predicted molar refractivity (Wildman–Crippen MR) is 76.1 cm³/mol. The largest absolute Gasteiger partial charge is 0.372 e. The molecule has 1 aromatic rings. The summed E-state index contributed by atoms with van der Waals surface area (Å²) >= 11 is 0. The van der Waals surface area contributed by atoms with Crippen molar-refractivity contribution in [1.82, 2.24) is 15.0 Å². The molecule has 4 heteroatoms. The lowest BCUT2D eigenvalue weighted by molar-refractivity contribution is 0.0237. The molecule has 1 aliphatic carbocycles. The maximum atomic E-state index is 6.08. The van der Waals surface area contributed by atoms with E-state index in [1.165, 1.54) is 25.0 Å². The summed E-state index contributed by atoms with van der Waals surface area (Å²) < 4.78 is 8.16. The first-order chi connectivity index (χ1) is 9.09. The number of hydrogen-bond acceptors (Lipinski definition) is 3. The minimum atomic E-state index is 0.144. The van der Waals surface area contributed by atoms with Crippen LogP contribution in [-0.4, -0.2) is 21.6 Å². The molecular formula is C15H27N3O. The fourth-order valence-electron chi connectivity index (χ4n) is 2.64. The first-order valence-corrected chi connectivity index (χ1v) is 7.65. The SMILES string of the molecule is CC(C)COC1CCCCCc2c1nnn2C(C)C. The topological polar surface area (TPSA) is 39.9 Å². The highest BCUT2D eigenvalue weighted by Gasteiger charge is 2.25. The van der Waals surface area contributed by atoms with Gasteiger partial charge in [-0.25, -0.2) is 4.68 Å². The average Bonchev–Trinajstić information content (AvgIpc) is 2.71. The normalized spacial score (nSPS) is 20.4. The van der Waals surface area contributed by atoms with Gasteiger partial charge in [-0.3, -0.25) is 0 Å². The van der Waals surface area contributed by atoms with E-state index in [9.17, 15) is 0 Å². The van der Waals surface area contributed by atoms with Crippen molar-refractivity contribution in [3.63, 3.8) is 0 Å². The molecule has 0 saturated heterocycles. The number of fused-ring (bicyclic) bond motifs is 1. The van der Waals surface area contributed by atoms with Crippen LogP contribution in [0.15, 0.2) is 0 Å². The lowest BCUT2D eigenvalue weighted by Gasteiger charge is -2.21. The molecule has 0 fully saturated rings. The Bertz CT molecular complexity index is 398. The maximum Gasteiger partial charge on any atom is 0.115 e. The van der Waals surface area contributed by atoms with Crippen molar-refractivity contribution in [3.05, 3.63) is 11.4 Å². The van der Waals surface area contributed by atoms with Crippen LogP contribution < -0.4 is 0 Å². The molecule has 0 aliphatic heterocycles. The average molecular weight is 265 g/mol. The van der Waals surface area contributed by atoms with E-state index in [-0.39, 0.29) is 6.10 Å². The Labute approximate surface area is 116 Å². The van der Waals surface area contributed by atoms with Crippen LogP contribution in [0.3, 0.4) is 0 Å². The molecule has 4 nitrogen and oxygen atoms in total. The molecule has 0 amide bonds. The molecule has 0 spiro atoms. The van der Waals surface area contributed by atoms with Crippen molar-refractivity contribution >= 4 is 0 Å². The molecule has 0 saturated carbocycles. The Kier molecular flexibility index (Phi) is 4.97. The molecule has 0 radical (unpaired) electrons. The molecule has 0 N–H and O–H groups in total. The van der Waals surface area contributed by atoms with Crippen LogP contribution in [0.2, 0.25) is 0 Å². The van der Waals surface area contributed by atoms with Gasteiger partial charge in [-0.1, -0.05) is 31.9 Å². The number of ether oxygens (including phenoxy) is 1. The van der Waals surface area contributed by atoms with Gasteiger partial charge in [0.2, 0.25) is 0 Å². The Hall–Kier alpha value is -0.900. The minimum absolute atomic E-state index is 0.144. The third kappa shape index (κ3) is 3.56. The molecule has 0 bridgehead atoms. The Balaban J connectivity index is 2.22. The summed E-state index contributed by atoms with van der Waals surface area (Å²) in [5, 5.41) is 8.77. The van der Waals surface area contributed by atoms with Crippen LogP contribution in [0, 0.1) is 5.92 Å². The van der Waals surface area contributed by atoms with Crippen molar-refractivity contribution < 1.29 is 4.74 Å². The van der Waals surface area contributed by atoms with Crippen molar-refractivity contribution in [2.24, 2.45) is 5.92 Å². The zero-order chi connectivity index (χ0) is 13.8. The fraction of sp³-hybridized carbons (Fsp3) is 0.867. The van der Waals surface area contributed by atoms with E-state index in [1.54, 1.807) is 0 Å². The smallest absolute Gasteiger partial charge is 0.115 e. The van der Waals surface area contributed by atoms with Crippen molar-refractivity contribution in [2.45, 2.75) is 71.9 Å². The Morgan fingerprint density at radius 1 is 1.21 bits per heavy atom. The van der Waals surface area contributed by atoms with Gasteiger partial charge >= 0.3 is 0 Å². The van der Waals surface area contributed by atoms with Gasteiger partial charge < -0.3 is 4.74 Å². The van der Waals surface area contributed by atoms with Gasteiger partial charge in [0.1, 0.15) is 11.8 Å². The maximum absolute atomic E-state index is 6.08. The quantitative estimate of drug-likeness (QED) is 0.833. The highest BCUT2D eigenvalue weighted by Crippen LogP contribution is 2.30. The number of rotatable bonds is 4. The van der Waals surface area contributed by atoms with Gasteiger partial charge in [0.25, 0.3) is 0 Å². The zero-order valence-corrected chi connectivity index (χ0v) is 12.7. The summed E-state index contributed by atoms with van der Waals surface area (Å²) in [5.74, 6) is 0.564. The van der Waals surface area contributed by atoms with Crippen LogP contribution in [-0.2, 0) is 11.2 Å². The van der Waals surface area contributed by atoms with Crippen LogP contribution in [0.5, 0.6) is 0 Å². The number of aromatic nitrogens is 3. The van der Waals surface area contributed by atoms with E-state index in [0.717, 1.165) is 25.1 Å². The molecular weight excluding hydrogens is 238 g/mol. The zero-order valence-electron chi connectivity index (χ0n) is 12.7. The van der Waals surface area contributed by atoms with Gasteiger partial charge in [-0.05, 0) is 39.0 Å². The minimum Gasteiger partial charge on any atom is -0.372 e. The summed E-state index contributed by atoms with van der Waals surface area (Å²) in [4.78, 5) is 0. The first-order valence-electron chi connectivity index (χ1n) is 7.65. The lowest BCUT2D eigenvalue weighted by atomic mass is 9.98. The molecule has 19 heavy (non-hydrogen) atoms. The number of hydrogen-bond donors (Lipinski definition) is 0. The Morgan fingerprint density at radius 3 is 2.68 bits per heavy atom. The fourth-order valence-corrected chi connectivity index (χ4v) is 2.64. The highest BCUT2D eigenvalue weighted by molar-refractivity contribution is 5.15. The van der Waals surface area contributed by atoms with E-state index in [4.69, 9.17) is 4.74 Å². The van der Waals surface area contributed by atoms with E-state index in [1.807, 2.05) is 0 Å². The number of nitrogens with zero attached hydrogens (tertiary/aromatic N) is 3. The van der Waals surface area contributed by atoms with Gasteiger partial charge in [0.15, 0.2) is 0 Å². The third-order valence-corrected chi connectivity index (χ3v) is 3.63.